The van der Waals surface area contributed by atoms with Gasteiger partial charge >= 0.3 is 10.4 Å². The van der Waals surface area contributed by atoms with E-state index in [1.165, 1.54) is 5.56 Å². The Morgan fingerprint density at radius 2 is 1.67 bits per heavy atom. The average molecular weight is 233 g/mol. The van der Waals surface area contributed by atoms with Gasteiger partial charge in [0, 0.05) is 0 Å². The van der Waals surface area contributed by atoms with Gasteiger partial charge in [0.25, 0.3) is 0 Å². The van der Waals surface area contributed by atoms with Crippen LogP contribution in [0.3, 0.4) is 0 Å². The Bertz CT molecular complexity index is 355. The molecule has 86 valence electrons. The fourth-order valence-electron chi connectivity index (χ4n) is 0.918. The first kappa shape index (κ1) is 14.1. The zero-order chi connectivity index (χ0) is 11.9. The van der Waals surface area contributed by atoms with Gasteiger partial charge in [-0.1, -0.05) is 37.3 Å². The molecule has 0 radical (unpaired) electrons. The normalized spacial score (nSPS) is 12.5. The average Bonchev–Trinajstić information content (AvgIpc) is 2.15. The van der Waals surface area contributed by atoms with Crippen LogP contribution in [0.4, 0.5) is 0 Å². The van der Waals surface area contributed by atoms with Crippen LogP contribution in [-0.4, -0.2) is 24.1 Å². The van der Waals surface area contributed by atoms with E-state index in [-0.39, 0.29) is 0 Å². The molecule has 0 spiro atoms. The number of nitrogens with two attached hydrogens (primary N) is 1. The van der Waals surface area contributed by atoms with E-state index in [0.717, 1.165) is 6.54 Å². The summed E-state index contributed by atoms with van der Waals surface area (Å²) in [6, 6.07) is 10.3. The van der Waals surface area contributed by atoms with Crippen molar-refractivity contribution in [3.05, 3.63) is 35.9 Å². The van der Waals surface area contributed by atoms with E-state index in [1.54, 1.807) is 0 Å². The zero-order valence-corrected chi connectivity index (χ0v) is 9.18. The second-order valence-electron chi connectivity index (χ2n) is 3.00. The van der Waals surface area contributed by atoms with Gasteiger partial charge in [0.2, 0.25) is 0 Å². The van der Waals surface area contributed by atoms with E-state index in [9.17, 15) is 0 Å². The van der Waals surface area contributed by atoms with Crippen molar-refractivity contribution in [2.45, 2.75) is 12.8 Å². The Morgan fingerprint density at radius 3 is 2.00 bits per heavy atom. The lowest BCUT2D eigenvalue weighted by Gasteiger charge is -2.06. The lowest BCUT2D eigenvalue weighted by Crippen LogP contribution is -2.08. The second kappa shape index (κ2) is 6.52. The van der Waals surface area contributed by atoms with Crippen molar-refractivity contribution in [1.29, 1.82) is 0 Å². The summed E-state index contributed by atoms with van der Waals surface area (Å²) in [6.07, 6.45) is 0. The third-order valence-electron chi connectivity index (χ3n) is 1.72. The monoisotopic (exact) mass is 233 g/mol. The van der Waals surface area contributed by atoms with Crippen molar-refractivity contribution in [2.24, 2.45) is 5.73 Å². The molecule has 4 N–H and O–H groups in total. The fourth-order valence-corrected chi connectivity index (χ4v) is 0.918. The SMILES string of the molecule is CC(CN)c1ccccc1.O=S(=O)(O)O. The van der Waals surface area contributed by atoms with Gasteiger partial charge in [-0.3, -0.25) is 9.11 Å². The van der Waals surface area contributed by atoms with Crippen molar-refractivity contribution < 1.29 is 17.5 Å². The maximum Gasteiger partial charge on any atom is 0.394 e. The highest BCUT2D eigenvalue weighted by Crippen LogP contribution is 2.11. The maximum absolute atomic E-state index is 8.74. The van der Waals surface area contributed by atoms with Gasteiger partial charge in [0.1, 0.15) is 0 Å². The van der Waals surface area contributed by atoms with Gasteiger partial charge in [-0.15, -0.1) is 0 Å². The van der Waals surface area contributed by atoms with Gasteiger partial charge in [0.15, 0.2) is 0 Å². The smallest absolute Gasteiger partial charge is 0.330 e. The molecule has 5 nitrogen and oxygen atoms in total. The summed E-state index contributed by atoms with van der Waals surface area (Å²) in [7, 11) is -4.67. The Morgan fingerprint density at radius 1 is 1.27 bits per heavy atom. The molecule has 1 aromatic rings. The molecule has 0 fully saturated rings. The molecule has 1 aromatic carbocycles. The fraction of sp³-hybridized carbons (Fsp3) is 0.333. The number of rotatable bonds is 2. The molecule has 0 heterocycles. The lowest BCUT2D eigenvalue weighted by molar-refractivity contribution is 0.381. The first-order valence-corrected chi connectivity index (χ1v) is 5.69. The molecule has 0 aliphatic rings. The molecule has 0 aliphatic heterocycles. The third kappa shape index (κ3) is 9.36. The van der Waals surface area contributed by atoms with Gasteiger partial charge in [-0.2, -0.15) is 8.42 Å². The van der Waals surface area contributed by atoms with Gasteiger partial charge in [-0.05, 0) is 18.0 Å². The van der Waals surface area contributed by atoms with Crippen LogP contribution in [0.5, 0.6) is 0 Å². The Labute approximate surface area is 89.5 Å². The first-order chi connectivity index (χ1) is 6.84. The quantitative estimate of drug-likeness (QED) is 0.664. The van der Waals surface area contributed by atoms with Crippen LogP contribution in [0, 0.1) is 0 Å². The molecule has 0 aromatic heterocycles. The highest BCUT2D eigenvalue weighted by Gasteiger charge is 1.99. The molecule has 1 unspecified atom stereocenters. The van der Waals surface area contributed by atoms with Crippen molar-refractivity contribution in [1.82, 2.24) is 0 Å². The molecular weight excluding hydrogens is 218 g/mol. The largest absolute Gasteiger partial charge is 0.394 e. The van der Waals surface area contributed by atoms with E-state index in [0.29, 0.717) is 5.92 Å². The minimum Gasteiger partial charge on any atom is -0.330 e. The Balaban J connectivity index is 0.000000336. The molecule has 0 amide bonds. The van der Waals surface area contributed by atoms with Gasteiger partial charge in [-0.25, -0.2) is 0 Å². The predicted molar refractivity (Wildman–Crippen MR) is 58.1 cm³/mol. The highest BCUT2D eigenvalue weighted by molar-refractivity contribution is 7.79. The molecular formula is C9H15NO4S. The van der Waals surface area contributed by atoms with Gasteiger partial charge < -0.3 is 5.73 Å². The summed E-state index contributed by atoms with van der Waals surface area (Å²) in [4.78, 5) is 0. The molecule has 6 heteroatoms. The van der Waals surface area contributed by atoms with Crippen LogP contribution in [0.2, 0.25) is 0 Å². The summed E-state index contributed by atoms with van der Waals surface area (Å²) in [5.74, 6) is 0.487. The summed E-state index contributed by atoms with van der Waals surface area (Å²) in [5, 5.41) is 0. The van der Waals surface area contributed by atoms with E-state index in [4.69, 9.17) is 23.3 Å². The minimum absolute atomic E-state index is 0.487. The standard InChI is InChI=1S/C9H13N.H2O4S/c1-8(7-10)9-5-3-2-4-6-9;1-5(2,3)4/h2-6,8H,7,10H2,1H3;(H2,1,2,3,4). The van der Waals surface area contributed by atoms with E-state index >= 15 is 0 Å². The van der Waals surface area contributed by atoms with E-state index < -0.39 is 10.4 Å². The molecule has 0 bridgehead atoms. The minimum atomic E-state index is -4.67. The Kier molecular flexibility index (Phi) is 6.11. The molecule has 0 aliphatic carbocycles. The number of benzene rings is 1. The molecule has 1 rings (SSSR count). The van der Waals surface area contributed by atoms with Crippen molar-refractivity contribution in [3.8, 4) is 0 Å². The maximum atomic E-state index is 8.74. The summed E-state index contributed by atoms with van der Waals surface area (Å²) in [6.45, 7) is 2.86. The van der Waals surface area contributed by atoms with E-state index in [2.05, 4.69) is 19.1 Å². The second-order valence-corrected chi connectivity index (χ2v) is 3.89. The van der Waals surface area contributed by atoms with Crippen LogP contribution in [-0.2, 0) is 10.4 Å². The molecule has 1 atom stereocenters. The topological polar surface area (TPSA) is 101 Å². The third-order valence-corrected chi connectivity index (χ3v) is 1.72. The zero-order valence-electron chi connectivity index (χ0n) is 8.37. The van der Waals surface area contributed by atoms with Crippen molar-refractivity contribution in [2.75, 3.05) is 6.54 Å². The number of hydrogen-bond donors (Lipinski definition) is 3. The molecule has 15 heavy (non-hydrogen) atoms. The van der Waals surface area contributed by atoms with Crippen LogP contribution in [0.25, 0.3) is 0 Å². The summed E-state index contributed by atoms with van der Waals surface area (Å²) >= 11 is 0. The van der Waals surface area contributed by atoms with E-state index in [1.807, 2.05) is 18.2 Å². The lowest BCUT2D eigenvalue weighted by atomic mass is 10.0. The van der Waals surface area contributed by atoms with Crippen LogP contribution in [0.1, 0.15) is 18.4 Å². The van der Waals surface area contributed by atoms with Crippen LogP contribution < -0.4 is 5.73 Å². The highest BCUT2D eigenvalue weighted by atomic mass is 32.3. The predicted octanol–water partition coefficient (Wildman–Crippen LogP) is 1.10. The van der Waals surface area contributed by atoms with Crippen LogP contribution in [0.15, 0.2) is 30.3 Å². The summed E-state index contributed by atoms with van der Waals surface area (Å²) in [5.41, 5.74) is 6.83. The number of hydrogen-bond acceptors (Lipinski definition) is 3. The molecule has 0 saturated heterocycles. The van der Waals surface area contributed by atoms with Gasteiger partial charge in [0.05, 0.1) is 0 Å². The first-order valence-electron chi connectivity index (χ1n) is 4.29. The summed E-state index contributed by atoms with van der Waals surface area (Å²) < 4.78 is 31.6. The van der Waals surface area contributed by atoms with Crippen molar-refractivity contribution >= 4 is 10.4 Å². The Hall–Kier alpha value is -0.950. The van der Waals surface area contributed by atoms with Crippen molar-refractivity contribution in [3.63, 3.8) is 0 Å². The van der Waals surface area contributed by atoms with Crippen LogP contribution >= 0.6 is 0 Å². The molecule has 0 saturated carbocycles.